The number of thiocarbonyl (C=S) groups is 1. The van der Waals surface area contributed by atoms with Crippen molar-refractivity contribution in [2.45, 2.75) is 58.3 Å². The molecule has 1 amide bonds. The van der Waals surface area contributed by atoms with Crippen LogP contribution in [0.4, 0.5) is 0 Å². The Labute approximate surface area is 161 Å². The first-order valence-corrected chi connectivity index (χ1v) is 8.38. The molecule has 0 bridgehead atoms. The van der Waals surface area contributed by atoms with Crippen LogP contribution >= 0.6 is 12.2 Å². The first-order valence-electron chi connectivity index (χ1n) is 7.97. The average molecular weight is 405 g/mol. The number of nitrogens with one attached hydrogen (secondary N) is 2. The van der Waals surface area contributed by atoms with Gasteiger partial charge in [-0.3, -0.25) is 19.2 Å². The van der Waals surface area contributed by atoms with Crippen molar-refractivity contribution in [1.29, 1.82) is 0 Å². The van der Waals surface area contributed by atoms with Gasteiger partial charge in [0.15, 0.2) is 23.5 Å². The minimum Gasteiger partial charge on any atom is -0.463 e. The summed E-state index contributed by atoms with van der Waals surface area (Å²) in [6.45, 7) is 4.45. The van der Waals surface area contributed by atoms with E-state index in [0.717, 1.165) is 13.8 Å². The molecule has 11 nitrogen and oxygen atoms in total. The van der Waals surface area contributed by atoms with E-state index in [1.54, 1.807) is 0 Å². The molecule has 0 aromatic carbocycles. The summed E-state index contributed by atoms with van der Waals surface area (Å²) in [6, 6.07) is -0.995. The first-order chi connectivity index (χ1) is 12.5. The summed E-state index contributed by atoms with van der Waals surface area (Å²) in [4.78, 5) is 45.9. The Kier molecular flexibility index (Phi) is 8.37. The fraction of sp³-hybridized carbons (Fsp3) is 0.667. The molecule has 0 aromatic heterocycles. The summed E-state index contributed by atoms with van der Waals surface area (Å²) in [5.41, 5.74) is 5.50. The lowest BCUT2D eigenvalue weighted by Gasteiger charge is -2.45. The monoisotopic (exact) mass is 405 g/mol. The van der Waals surface area contributed by atoms with Gasteiger partial charge in [0.2, 0.25) is 5.91 Å². The van der Waals surface area contributed by atoms with E-state index in [1.165, 1.54) is 13.8 Å². The smallest absolute Gasteiger partial charge is 0.303 e. The summed E-state index contributed by atoms with van der Waals surface area (Å²) < 4.78 is 21.2. The quantitative estimate of drug-likeness (QED) is 0.268. The van der Waals surface area contributed by atoms with Crippen LogP contribution < -0.4 is 16.4 Å². The van der Waals surface area contributed by atoms with E-state index >= 15 is 0 Å². The molecule has 0 spiro atoms. The van der Waals surface area contributed by atoms with Crippen molar-refractivity contribution >= 4 is 41.1 Å². The lowest BCUT2D eigenvalue weighted by atomic mass is 9.95. The van der Waals surface area contributed by atoms with Gasteiger partial charge >= 0.3 is 17.9 Å². The van der Waals surface area contributed by atoms with E-state index < -0.39 is 54.4 Å². The number of hydrogen-bond acceptors (Lipinski definition) is 9. The van der Waals surface area contributed by atoms with Crippen LogP contribution in [0, 0.1) is 0 Å². The summed E-state index contributed by atoms with van der Waals surface area (Å²) in [5.74, 6) is -2.42. The van der Waals surface area contributed by atoms with Gasteiger partial charge in [0.25, 0.3) is 0 Å². The van der Waals surface area contributed by atoms with Gasteiger partial charge in [0, 0.05) is 27.7 Å². The highest BCUT2D eigenvalue weighted by Crippen LogP contribution is 2.26. The second-order valence-electron chi connectivity index (χ2n) is 5.78. The predicted molar refractivity (Wildman–Crippen MR) is 93.9 cm³/mol. The van der Waals surface area contributed by atoms with Gasteiger partial charge in [-0.05, 0) is 12.2 Å². The van der Waals surface area contributed by atoms with Gasteiger partial charge in [0.1, 0.15) is 18.8 Å². The van der Waals surface area contributed by atoms with Gasteiger partial charge in [-0.15, -0.1) is 0 Å². The Hall–Kier alpha value is -2.47. The molecular weight excluding hydrogens is 382 g/mol. The zero-order valence-electron chi connectivity index (χ0n) is 15.3. The average Bonchev–Trinajstić information content (AvgIpc) is 2.49. The highest BCUT2D eigenvalue weighted by atomic mass is 32.1. The Morgan fingerprint density at radius 3 is 1.96 bits per heavy atom. The number of esters is 3. The third-order valence-electron chi connectivity index (χ3n) is 3.40. The maximum Gasteiger partial charge on any atom is 0.303 e. The van der Waals surface area contributed by atoms with Crippen molar-refractivity contribution in [1.82, 2.24) is 10.6 Å². The van der Waals surface area contributed by atoms with Crippen LogP contribution in [-0.4, -0.2) is 66.1 Å². The molecule has 0 unspecified atom stereocenters. The molecule has 1 fully saturated rings. The Morgan fingerprint density at radius 2 is 1.52 bits per heavy atom. The standard InChI is InChI=1S/C15H23N3O8S/c1-6(19)17-11-13(25-9(4)22)12(24-8(3)21)10(5-23-7(2)20)26-14(11)18-15(16)27/h10-14H,5H2,1-4H3,(H,17,19)(H3,16,18,27)/t10-,11-,12-,13-,14-/m1/s1. The molecule has 1 heterocycles. The number of rotatable bonds is 6. The van der Waals surface area contributed by atoms with E-state index in [9.17, 15) is 19.2 Å². The summed E-state index contributed by atoms with van der Waals surface area (Å²) in [5, 5.41) is 5.05. The molecule has 0 radical (unpaired) electrons. The maximum absolute atomic E-state index is 11.6. The van der Waals surface area contributed by atoms with Gasteiger partial charge in [-0.2, -0.15) is 0 Å². The summed E-state index contributed by atoms with van der Waals surface area (Å²) >= 11 is 4.81. The molecule has 0 saturated carbocycles. The van der Waals surface area contributed by atoms with Gasteiger partial charge in [-0.25, -0.2) is 0 Å². The van der Waals surface area contributed by atoms with Crippen molar-refractivity contribution in [3.63, 3.8) is 0 Å². The minimum atomic E-state index is -1.16. The molecular formula is C15H23N3O8S. The van der Waals surface area contributed by atoms with E-state index in [4.69, 9.17) is 36.9 Å². The molecule has 1 rings (SSSR count). The van der Waals surface area contributed by atoms with Crippen molar-refractivity contribution in [2.24, 2.45) is 5.73 Å². The molecule has 4 N–H and O–H groups in total. The van der Waals surface area contributed by atoms with E-state index in [2.05, 4.69) is 10.6 Å². The molecule has 152 valence electrons. The fourth-order valence-electron chi connectivity index (χ4n) is 2.60. The molecule has 27 heavy (non-hydrogen) atoms. The molecule has 1 aliphatic heterocycles. The van der Waals surface area contributed by atoms with Gasteiger partial charge in [-0.1, -0.05) is 0 Å². The van der Waals surface area contributed by atoms with E-state index in [1.807, 2.05) is 0 Å². The molecule has 0 aromatic rings. The van der Waals surface area contributed by atoms with Crippen LogP contribution in [0.3, 0.4) is 0 Å². The topological polar surface area (TPSA) is 155 Å². The SMILES string of the molecule is CC(=O)N[C@@H]1[C@@H](OC(C)=O)[C@H](OC(C)=O)[C@@H](COC(C)=O)O[C@H]1NC(N)=S. The van der Waals surface area contributed by atoms with Gasteiger partial charge < -0.3 is 35.3 Å². The highest BCUT2D eigenvalue weighted by Gasteiger charge is 2.50. The Morgan fingerprint density at radius 1 is 0.963 bits per heavy atom. The van der Waals surface area contributed by atoms with Crippen LogP contribution in [0.5, 0.6) is 0 Å². The van der Waals surface area contributed by atoms with Crippen molar-refractivity contribution in [3.8, 4) is 0 Å². The predicted octanol–water partition coefficient (Wildman–Crippen LogP) is -1.52. The number of carbonyl (C=O) groups excluding carboxylic acids is 4. The van der Waals surface area contributed by atoms with Crippen LogP contribution in [0.25, 0.3) is 0 Å². The van der Waals surface area contributed by atoms with Crippen molar-refractivity contribution in [2.75, 3.05) is 6.61 Å². The summed E-state index contributed by atoms with van der Waals surface area (Å²) in [7, 11) is 0. The van der Waals surface area contributed by atoms with Crippen molar-refractivity contribution in [3.05, 3.63) is 0 Å². The van der Waals surface area contributed by atoms with E-state index in [-0.39, 0.29) is 11.7 Å². The molecule has 0 aliphatic carbocycles. The molecule has 5 atom stereocenters. The third-order valence-corrected chi connectivity index (χ3v) is 3.52. The van der Waals surface area contributed by atoms with Crippen LogP contribution in [0.2, 0.25) is 0 Å². The number of amides is 1. The number of carbonyl (C=O) groups is 4. The second-order valence-corrected chi connectivity index (χ2v) is 6.22. The number of nitrogens with two attached hydrogens (primary N) is 1. The third kappa shape index (κ3) is 7.35. The minimum absolute atomic E-state index is 0.144. The fourth-order valence-corrected chi connectivity index (χ4v) is 2.71. The molecule has 12 heteroatoms. The first kappa shape index (κ1) is 22.6. The highest BCUT2D eigenvalue weighted by molar-refractivity contribution is 7.80. The van der Waals surface area contributed by atoms with E-state index in [0.29, 0.717) is 0 Å². The number of ether oxygens (including phenoxy) is 4. The second kappa shape index (κ2) is 10.0. The van der Waals surface area contributed by atoms with Crippen molar-refractivity contribution < 1.29 is 38.1 Å². The normalized spacial score (nSPS) is 27.0. The van der Waals surface area contributed by atoms with Crippen LogP contribution in [0.15, 0.2) is 0 Å². The van der Waals surface area contributed by atoms with Crippen LogP contribution in [0.1, 0.15) is 27.7 Å². The van der Waals surface area contributed by atoms with Crippen LogP contribution in [-0.2, 0) is 38.1 Å². The lowest BCUT2D eigenvalue weighted by molar-refractivity contribution is -0.225. The maximum atomic E-state index is 11.6. The molecule has 1 aliphatic rings. The molecule has 1 saturated heterocycles. The Bertz CT molecular complexity index is 614. The summed E-state index contributed by atoms with van der Waals surface area (Å²) in [6.07, 6.45) is -4.37. The van der Waals surface area contributed by atoms with Gasteiger partial charge in [0.05, 0.1) is 0 Å². The zero-order valence-corrected chi connectivity index (χ0v) is 16.2. The Balaban J connectivity index is 3.29. The number of hydrogen-bond donors (Lipinski definition) is 3. The zero-order chi connectivity index (χ0) is 20.7. The largest absolute Gasteiger partial charge is 0.463 e. The lowest BCUT2D eigenvalue weighted by Crippen LogP contribution is -2.69.